The van der Waals surface area contributed by atoms with Crippen molar-refractivity contribution in [2.45, 2.75) is 12.6 Å². The third-order valence-corrected chi connectivity index (χ3v) is 3.13. The van der Waals surface area contributed by atoms with Crippen molar-refractivity contribution >= 4 is 29.0 Å². The molecular weight excluding hydrogens is 279 g/mol. The van der Waals surface area contributed by atoms with Gasteiger partial charge < -0.3 is 0 Å². The monoisotopic (exact) mass is 287 g/mol. The van der Waals surface area contributed by atoms with Crippen molar-refractivity contribution in [1.29, 1.82) is 0 Å². The summed E-state index contributed by atoms with van der Waals surface area (Å²) in [5.41, 5.74) is 0.715. The number of thioether (sulfide) groups is 1. The Kier molecular flexibility index (Phi) is 3.66. The van der Waals surface area contributed by atoms with Crippen LogP contribution in [-0.4, -0.2) is 17.3 Å². The fourth-order valence-electron chi connectivity index (χ4n) is 1.54. The van der Waals surface area contributed by atoms with Crippen molar-refractivity contribution in [2.24, 2.45) is 0 Å². The van der Waals surface area contributed by atoms with Gasteiger partial charge in [-0.15, -0.1) is 0 Å². The lowest BCUT2D eigenvalue weighted by atomic mass is 10.1. The summed E-state index contributed by atoms with van der Waals surface area (Å²) in [4.78, 5) is 22.4. The van der Waals surface area contributed by atoms with Crippen molar-refractivity contribution in [3.63, 3.8) is 0 Å². The number of hydrogen-bond donors (Lipinski definition) is 1. The molecule has 0 aromatic heterocycles. The van der Waals surface area contributed by atoms with E-state index in [1.807, 2.05) is 0 Å². The van der Waals surface area contributed by atoms with E-state index in [4.69, 9.17) is 0 Å². The lowest BCUT2D eigenvalue weighted by molar-refractivity contribution is -0.127. The van der Waals surface area contributed by atoms with Gasteiger partial charge in [-0.25, -0.2) is 0 Å². The average molecular weight is 287 g/mol. The van der Waals surface area contributed by atoms with Crippen LogP contribution in [0.5, 0.6) is 0 Å². The van der Waals surface area contributed by atoms with E-state index >= 15 is 0 Å². The van der Waals surface area contributed by atoms with Gasteiger partial charge in [-0.2, -0.15) is 13.2 Å². The van der Waals surface area contributed by atoms with E-state index < -0.39 is 23.7 Å². The van der Waals surface area contributed by atoms with E-state index in [0.29, 0.717) is 5.56 Å². The van der Waals surface area contributed by atoms with Crippen LogP contribution in [-0.2, 0) is 11.2 Å². The Morgan fingerprint density at radius 1 is 1.16 bits per heavy atom. The number of hydrogen-bond acceptors (Lipinski definition) is 3. The Morgan fingerprint density at radius 2 is 1.79 bits per heavy atom. The van der Waals surface area contributed by atoms with Gasteiger partial charge in [-0.3, -0.25) is 14.9 Å². The lowest BCUT2D eigenvalue weighted by Crippen LogP contribution is -2.17. The predicted molar refractivity (Wildman–Crippen MR) is 65.3 cm³/mol. The highest BCUT2D eigenvalue weighted by Gasteiger charge is 2.27. The second-order valence-electron chi connectivity index (χ2n) is 3.89. The largest absolute Gasteiger partial charge is 0.393 e. The van der Waals surface area contributed by atoms with Crippen LogP contribution >= 0.6 is 11.8 Å². The number of carbonyl (C=O) groups is 2. The quantitative estimate of drug-likeness (QED) is 0.850. The summed E-state index contributed by atoms with van der Waals surface area (Å²) in [5.74, 6) is -0.491. The molecule has 3 nitrogen and oxygen atoms in total. The molecule has 0 radical (unpaired) electrons. The Labute approximate surface area is 110 Å². The molecule has 1 heterocycles. The van der Waals surface area contributed by atoms with Crippen LogP contribution in [0.2, 0.25) is 0 Å². The zero-order valence-electron chi connectivity index (χ0n) is 9.45. The van der Waals surface area contributed by atoms with Gasteiger partial charge in [0.1, 0.15) is 0 Å². The normalized spacial score (nSPS) is 17.9. The maximum Gasteiger partial charge on any atom is 0.393 e. The van der Waals surface area contributed by atoms with Gasteiger partial charge in [0.05, 0.1) is 11.3 Å². The molecule has 7 heteroatoms. The minimum absolute atomic E-state index is 0.147. The van der Waals surface area contributed by atoms with Crippen LogP contribution in [0.15, 0.2) is 29.2 Å². The van der Waals surface area contributed by atoms with Crippen LogP contribution in [0.3, 0.4) is 0 Å². The Bertz CT molecular complexity index is 549. The number of amides is 2. The topological polar surface area (TPSA) is 46.2 Å². The third-order valence-electron chi connectivity index (χ3n) is 2.32. The highest BCUT2D eigenvalue weighted by atomic mass is 32.2. The van der Waals surface area contributed by atoms with Crippen molar-refractivity contribution in [2.75, 3.05) is 0 Å². The number of benzene rings is 1. The maximum absolute atomic E-state index is 12.2. The van der Waals surface area contributed by atoms with Crippen LogP contribution in [0.4, 0.5) is 18.0 Å². The van der Waals surface area contributed by atoms with Crippen LogP contribution in [0.1, 0.15) is 11.1 Å². The molecule has 0 unspecified atom stereocenters. The molecule has 1 aromatic carbocycles. The molecule has 2 amide bonds. The van der Waals surface area contributed by atoms with Crippen molar-refractivity contribution in [3.05, 3.63) is 40.3 Å². The van der Waals surface area contributed by atoms with E-state index in [2.05, 4.69) is 5.32 Å². The van der Waals surface area contributed by atoms with Crippen LogP contribution in [0, 0.1) is 0 Å². The molecular formula is C12H8F3NO2S. The van der Waals surface area contributed by atoms with Gasteiger partial charge in [-0.1, -0.05) is 24.3 Å². The Balaban J connectivity index is 2.13. The molecule has 1 N–H and O–H groups in total. The van der Waals surface area contributed by atoms with E-state index in [-0.39, 0.29) is 10.5 Å². The molecule has 100 valence electrons. The van der Waals surface area contributed by atoms with Crippen LogP contribution < -0.4 is 5.32 Å². The highest BCUT2D eigenvalue weighted by molar-refractivity contribution is 8.18. The first-order valence-corrected chi connectivity index (χ1v) is 6.06. The van der Waals surface area contributed by atoms with Gasteiger partial charge >= 0.3 is 6.18 Å². The highest BCUT2D eigenvalue weighted by Crippen LogP contribution is 2.26. The smallest absolute Gasteiger partial charge is 0.282 e. The molecule has 1 aliphatic heterocycles. The molecule has 1 saturated heterocycles. The number of halogens is 3. The van der Waals surface area contributed by atoms with Crippen LogP contribution in [0.25, 0.3) is 6.08 Å². The average Bonchev–Trinajstić information content (AvgIpc) is 2.58. The first-order chi connectivity index (χ1) is 8.83. The summed E-state index contributed by atoms with van der Waals surface area (Å²) in [6, 6.07) is 5.65. The standard InChI is InChI=1S/C12H8F3NO2S/c13-12(14,15)6-8-3-1-7(2-4-8)5-9-10(17)16-11(18)19-9/h1-5H,6H2,(H,16,17,18)/b9-5+. The van der Waals surface area contributed by atoms with Gasteiger partial charge in [-0.05, 0) is 29.0 Å². The van der Waals surface area contributed by atoms with Gasteiger partial charge in [0.2, 0.25) is 0 Å². The molecule has 1 fully saturated rings. The zero-order chi connectivity index (χ0) is 14.0. The third kappa shape index (κ3) is 3.85. The Morgan fingerprint density at radius 3 is 2.26 bits per heavy atom. The molecule has 0 saturated carbocycles. The maximum atomic E-state index is 12.2. The lowest BCUT2D eigenvalue weighted by Gasteiger charge is -2.06. The van der Waals surface area contributed by atoms with E-state index in [9.17, 15) is 22.8 Å². The van der Waals surface area contributed by atoms with Gasteiger partial charge in [0.15, 0.2) is 0 Å². The van der Waals surface area contributed by atoms with Gasteiger partial charge in [0, 0.05) is 0 Å². The minimum Gasteiger partial charge on any atom is -0.282 e. The summed E-state index contributed by atoms with van der Waals surface area (Å²) in [6.07, 6.45) is -3.77. The summed E-state index contributed by atoms with van der Waals surface area (Å²) < 4.78 is 36.5. The first-order valence-electron chi connectivity index (χ1n) is 5.24. The second kappa shape index (κ2) is 5.08. The minimum atomic E-state index is -4.24. The fraction of sp³-hybridized carbons (Fsp3) is 0.167. The number of nitrogens with one attached hydrogen (secondary N) is 1. The number of rotatable bonds is 2. The molecule has 0 aliphatic carbocycles. The first kappa shape index (κ1) is 13.7. The van der Waals surface area contributed by atoms with E-state index in [1.54, 1.807) is 0 Å². The van der Waals surface area contributed by atoms with Gasteiger partial charge in [0.25, 0.3) is 11.1 Å². The molecule has 0 atom stereocenters. The van der Waals surface area contributed by atoms with Crippen molar-refractivity contribution in [3.8, 4) is 0 Å². The molecule has 0 bridgehead atoms. The number of alkyl halides is 3. The zero-order valence-corrected chi connectivity index (χ0v) is 10.3. The van der Waals surface area contributed by atoms with Crippen molar-refractivity contribution in [1.82, 2.24) is 5.32 Å². The summed E-state index contributed by atoms with van der Waals surface area (Å²) in [6.45, 7) is 0. The molecule has 19 heavy (non-hydrogen) atoms. The SMILES string of the molecule is O=C1NC(=O)/C(=C\c2ccc(CC(F)(F)F)cc2)S1. The molecule has 2 rings (SSSR count). The molecule has 1 aromatic rings. The molecule has 0 spiro atoms. The predicted octanol–water partition coefficient (Wildman–Crippen LogP) is 3.12. The number of imide groups is 1. The van der Waals surface area contributed by atoms with E-state index in [1.165, 1.54) is 30.3 Å². The Hall–Kier alpha value is -1.76. The summed E-state index contributed by atoms with van der Waals surface area (Å²) >= 11 is 0.764. The number of carbonyl (C=O) groups excluding carboxylic acids is 2. The second-order valence-corrected chi connectivity index (χ2v) is 4.90. The fourth-order valence-corrected chi connectivity index (χ4v) is 2.22. The molecule has 1 aliphatic rings. The summed E-state index contributed by atoms with van der Waals surface area (Å²) in [7, 11) is 0. The summed E-state index contributed by atoms with van der Waals surface area (Å²) in [5, 5.41) is 1.64. The van der Waals surface area contributed by atoms with E-state index in [0.717, 1.165) is 11.8 Å². The van der Waals surface area contributed by atoms with Crippen molar-refractivity contribution < 1.29 is 22.8 Å².